The number of anilines is 1. The third kappa shape index (κ3) is 5.30. The van der Waals surface area contributed by atoms with Gasteiger partial charge in [0.25, 0.3) is 0 Å². The van der Waals surface area contributed by atoms with Crippen molar-refractivity contribution >= 4 is 35.0 Å². The molecule has 0 bridgehead atoms. The Hall–Kier alpha value is -0.910. The maximum atomic E-state index is 10.9. The number of nitrogens with two attached hydrogens (primary N) is 2. The van der Waals surface area contributed by atoms with Gasteiger partial charge in [0.1, 0.15) is 0 Å². The fraction of sp³-hybridized carbons (Fsp3) is 0.364. The monoisotopic (exact) mass is 273 g/mol. The van der Waals surface area contributed by atoms with Crippen molar-refractivity contribution in [2.24, 2.45) is 5.84 Å². The molecule has 0 aliphatic rings. The number of thioether (sulfide) groups is 1. The summed E-state index contributed by atoms with van der Waals surface area (Å²) >= 11 is 7.47. The predicted molar refractivity (Wildman–Crippen MR) is 72.8 cm³/mol. The number of benzene rings is 1. The molecule has 6 heteroatoms. The van der Waals surface area contributed by atoms with Gasteiger partial charge in [-0.1, -0.05) is 11.6 Å². The molecule has 1 aromatic carbocycles. The molecular weight excluding hydrogens is 258 g/mol. The number of unbranched alkanes of at least 4 members (excludes halogenated alkanes) is 1. The van der Waals surface area contributed by atoms with Crippen LogP contribution in [0.4, 0.5) is 5.69 Å². The lowest BCUT2D eigenvalue weighted by atomic mass is 10.2. The maximum Gasteiger partial charge on any atom is 0.233 e. The molecule has 0 spiro atoms. The van der Waals surface area contributed by atoms with Crippen LogP contribution in [-0.4, -0.2) is 11.7 Å². The van der Waals surface area contributed by atoms with Crippen LogP contribution >= 0.6 is 23.4 Å². The van der Waals surface area contributed by atoms with Gasteiger partial charge < -0.3 is 5.73 Å². The SMILES string of the molecule is NNC(=O)CCCCSc1ccc(Cl)cc1N. The second kappa shape index (κ2) is 7.42. The first-order chi connectivity index (χ1) is 8.13. The molecule has 0 heterocycles. The molecule has 0 radical (unpaired) electrons. The van der Waals surface area contributed by atoms with Crippen molar-refractivity contribution in [3.05, 3.63) is 23.2 Å². The summed E-state index contributed by atoms with van der Waals surface area (Å²) < 4.78 is 0. The zero-order valence-electron chi connectivity index (χ0n) is 9.41. The summed E-state index contributed by atoms with van der Waals surface area (Å²) in [5.74, 6) is 5.77. The zero-order chi connectivity index (χ0) is 12.7. The number of hydrogen-bond acceptors (Lipinski definition) is 4. The number of rotatable bonds is 6. The summed E-state index contributed by atoms with van der Waals surface area (Å²) in [5, 5.41) is 0.645. The number of carbonyl (C=O) groups is 1. The number of halogens is 1. The lowest BCUT2D eigenvalue weighted by Crippen LogP contribution is -2.29. The van der Waals surface area contributed by atoms with Crippen molar-refractivity contribution in [1.82, 2.24) is 5.43 Å². The second-order valence-electron chi connectivity index (χ2n) is 3.56. The highest BCUT2D eigenvalue weighted by Gasteiger charge is 2.02. The van der Waals surface area contributed by atoms with Gasteiger partial charge >= 0.3 is 0 Å². The summed E-state index contributed by atoms with van der Waals surface area (Å²) in [4.78, 5) is 11.9. The van der Waals surface area contributed by atoms with E-state index >= 15 is 0 Å². The summed E-state index contributed by atoms with van der Waals surface area (Å²) in [6.07, 6.45) is 2.23. The van der Waals surface area contributed by atoms with Gasteiger partial charge in [-0.25, -0.2) is 5.84 Å². The van der Waals surface area contributed by atoms with E-state index in [1.54, 1.807) is 17.8 Å². The van der Waals surface area contributed by atoms with E-state index in [9.17, 15) is 4.79 Å². The van der Waals surface area contributed by atoms with Crippen LogP contribution in [0, 0.1) is 0 Å². The number of amides is 1. The van der Waals surface area contributed by atoms with E-state index in [0.29, 0.717) is 17.1 Å². The van der Waals surface area contributed by atoms with Gasteiger partial charge in [0, 0.05) is 22.0 Å². The van der Waals surface area contributed by atoms with Crippen LogP contribution in [0.5, 0.6) is 0 Å². The third-order valence-corrected chi connectivity index (χ3v) is 3.60. The Morgan fingerprint density at radius 3 is 2.82 bits per heavy atom. The van der Waals surface area contributed by atoms with E-state index in [0.717, 1.165) is 23.5 Å². The number of nitrogens with one attached hydrogen (secondary N) is 1. The Kier molecular flexibility index (Phi) is 6.18. The average molecular weight is 274 g/mol. The van der Waals surface area contributed by atoms with Crippen molar-refractivity contribution in [3.8, 4) is 0 Å². The molecular formula is C11H16ClN3OS. The number of nitrogen functional groups attached to an aromatic ring is 1. The van der Waals surface area contributed by atoms with Gasteiger partial charge in [-0.15, -0.1) is 11.8 Å². The topological polar surface area (TPSA) is 81.1 Å². The molecule has 4 nitrogen and oxygen atoms in total. The molecule has 17 heavy (non-hydrogen) atoms. The van der Waals surface area contributed by atoms with Crippen molar-refractivity contribution < 1.29 is 4.79 Å². The lowest BCUT2D eigenvalue weighted by molar-refractivity contribution is -0.121. The zero-order valence-corrected chi connectivity index (χ0v) is 11.0. The summed E-state index contributed by atoms with van der Waals surface area (Å²) in [5.41, 5.74) is 8.62. The van der Waals surface area contributed by atoms with Crippen LogP contribution in [0.3, 0.4) is 0 Å². The van der Waals surface area contributed by atoms with Crippen LogP contribution in [0.2, 0.25) is 5.02 Å². The number of hydrogen-bond donors (Lipinski definition) is 3. The van der Waals surface area contributed by atoms with Crippen LogP contribution in [0.15, 0.2) is 23.1 Å². The third-order valence-electron chi connectivity index (χ3n) is 2.19. The molecule has 0 fully saturated rings. The molecule has 0 aromatic heterocycles. The van der Waals surface area contributed by atoms with Crippen LogP contribution in [0.1, 0.15) is 19.3 Å². The fourth-order valence-corrected chi connectivity index (χ4v) is 2.43. The molecule has 1 aromatic rings. The largest absolute Gasteiger partial charge is 0.398 e. The molecule has 0 aliphatic carbocycles. The van der Waals surface area contributed by atoms with Crippen LogP contribution in [-0.2, 0) is 4.79 Å². The molecule has 0 unspecified atom stereocenters. The minimum absolute atomic E-state index is 0.124. The van der Waals surface area contributed by atoms with Gasteiger partial charge in [-0.05, 0) is 36.8 Å². The first-order valence-corrected chi connectivity index (χ1v) is 6.67. The van der Waals surface area contributed by atoms with Gasteiger partial charge in [0.15, 0.2) is 0 Å². The molecule has 0 saturated heterocycles. The predicted octanol–water partition coefficient (Wildman–Crippen LogP) is 2.17. The first kappa shape index (κ1) is 14.2. The molecule has 94 valence electrons. The van der Waals surface area contributed by atoms with Crippen molar-refractivity contribution in [2.45, 2.75) is 24.2 Å². The Morgan fingerprint density at radius 2 is 2.18 bits per heavy atom. The van der Waals surface area contributed by atoms with Gasteiger partial charge in [-0.2, -0.15) is 0 Å². The van der Waals surface area contributed by atoms with Crippen molar-refractivity contribution in [2.75, 3.05) is 11.5 Å². The van der Waals surface area contributed by atoms with Crippen LogP contribution in [0.25, 0.3) is 0 Å². The summed E-state index contributed by atoms with van der Waals surface area (Å²) in [7, 11) is 0. The van der Waals surface area contributed by atoms with E-state index in [-0.39, 0.29) is 5.91 Å². The molecule has 0 saturated carbocycles. The first-order valence-electron chi connectivity index (χ1n) is 5.30. The molecule has 1 amide bonds. The summed E-state index contributed by atoms with van der Waals surface area (Å²) in [6, 6.07) is 5.47. The average Bonchev–Trinajstić information content (AvgIpc) is 2.30. The highest BCUT2D eigenvalue weighted by atomic mass is 35.5. The van der Waals surface area contributed by atoms with Gasteiger partial charge in [-0.3, -0.25) is 10.2 Å². The van der Waals surface area contributed by atoms with E-state index in [4.69, 9.17) is 23.2 Å². The Bertz CT molecular complexity index is 387. The van der Waals surface area contributed by atoms with E-state index < -0.39 is 0 Å². The van der Waals surface area contributed by atoms with E-state index in [1.165, 1.54) is 0 Å². The normalized spacial score (nSPS) is 10.2. The quantitative estimate of drug-likeness (QED) is 0.185. The van der Waals surface area contributed by atoms with Crippen molar-refractivity contribution in [1.29, 1.82) is 0 Å². The standard InChI is InChI=1S/C11H16ClN3OS/c12-8-4-5-10(9(13)7-8)17-6-2-1-3-11(16)15-14/h4-5,7H,1-3,6,13-14H2,(H,15,16). The molecule has 5 N–H and O–H groups in total. The number of carbonyl (C=O) groups excluding carboxylic acids is 1. The summed E-state index contributed by atoms with van der Waals surface area (Å²) in [6.45, 7) is 0. The number of hydrazine groups is 1. The van der Waals surface area contributed by atoms with E-state index in [2.05, 4.69) is 5.43 Å². The minimum Gasteiger partial charge on any atom is -0.398 e. The molecule has 0 aliphatic heterocycles. The minimum atomic E-state index is -0.124. The lowest BCUT2D eigenvalue weighted by Gasteiger charge is -2.05. The highest BCUT2D eigenvalue weighted by molar-refractivity contribution is 7.99. The van der Waals surface area contributed by atoms with Crippen molar-refractivity contribution in [3.63, 3.8) is 0 Å². The molecule has 1 rings (SSSR count). The van der Waals surface area contributed by atoms with E-state index in [1.807, 2.05) is 12.1 Å². The Labute approximate surface area is 110 Å². The molecule has 0 atom stereocenters. The Morgan fingerprint density at radius 1 is 1.41 bits per heavy atom. The van der Waals surface area contributed by atoms with Crippen LogP contribution < -0.4 is 17.0 Å². The smallest absolute Gasteiger partial charge is 0.233 e. The Balaban J connectivity index is 2.24. The fourth-order valence-electron chi connectivity index (χ4n) is 1.29. The maximum absolute atomic E-state index is 10.9. The second-order valence-corrected chi connectivity index (χ2v) is 5.13. The van der Waals surface area contributed by atoms with Gasteiger partial charge in [0.2, 0.25) is 5.91 Å². The van der Waals surface area contributed by atoms with Gasteiger partial charge in [0.05, 0.1) is 0 Å². The highest BCUT2D eigenvalue weighted by Crippen LogP contribution is 2.28.